The van der Waals surface area contributed by atoms with Crippen LogP contribution in [0, 0.1) is 0 Å². The van der Waals surface area contributed by atoms with Crippen LogP contribution in [-0.2, 0) is 24.1 Å². The number of nitrogens with zero attached hydrogens (tertiary/aromatic N) is 2. The number of benzene rings is 3. The highest BCUT2D eigenvalue weighted by atomic mass is 35.5. The number of hydrogen-bond acceptors (Lipinski definition) is 7. The fourth-order valence-electron chi connectivity index (χ4n) is 6.33. The molecule has 2 atom stereocenters. The standard InChI is InChI=1S/C35H36ClN3O5/c1-41-30-12-8-22(17-31(30)42-2)16-29-27-19-33(44-35-13-10-25(36)20-37-35)32(43-3)18-24(27)14-15-39(29)21-34(40)38-28-11-9-23-6-4-5-7-26(23)28/h4-8,10,12-13,17-20,28-29H,9,11,14-16,21H2,1-3H3,(H,38,40). The Morgan fingerprint density at radius 1 is 0.886 bits per heavy atom. The minimum Gasteiger partial charge on any atom is -0.493 e. The van der Waals surface area contributed by atoms with E-state index in [-0.39, 0.29) is 24.5 Å². The minimum atomic E-state index is -0.107. The van der Waals surface area contributed by atoms with Gasteiger partial charge in [-0.3, -0.25) is 9.69 Å². The maximum absolute atomic E-state index is 13.6. The number of rotatable bonds is 10. The number of fused-ring (bicyclic) bond motifs is 2. The molecule has 4 aromatic rings. The van der Waals surface area contributed by atoms with Crippen molar-refractivity contribution in [1.82, 2.24) is 15.2 Å². The average molecular weight is 614 g/mol. The van der Waals surface area contributed by atoms with Gasteiger partial charge in [0.25, 0.3) is 0 Å². The van der Waals surface area contributed by atoms with Gasteiger partial charge in [0.2, 0.25) is 11.8 Å². The molecule has 0 saturated heterocycles. The van der Waals surface area contributed by atoms with Gasteiger partial charge in [-0.2, -0.15) is 0 Å². The summed E-state index contributed by atoms with van der Waals surface area (Å²) < 4.78 is 23.0. The number of nitrogens with one attached hydrogen (secondary N) is 1. The summed E-state index contributed by atoms with van der Waals surface area (Å²) in [4.78, 5) is 20.1. The van der Waals surface area contributed by atoms with Gasteiger partial charge < -0.3 is 24.3 Å². The van der Waals surface area contributed by atoms with Gasteiger partial charge in [-0.25, -0.2) is 4.98 Å². The Labute approximate surface area is 262 Å². The predicted molar refractivity (Wildman–Crippen MR) is 169 cm³/mol. The number of pyridine rings is 1. The molecule has 1 aliphatic heterocycles. The summed E-state index contributed by atoms with van der Waals surface area (Å²) in [6, 6.07) is 21.8. The van der Waals surface area contributed by atoms with E-state index in [4.69, 9.17) is 30.5 Å². The second-order valence-electron chi connectivity index (χ2n) is 11.1. The van der Waals surface area contributed by atoms with Crippen molar-refractivity contribution in [2.45, 2.75) is 37.8 Å². The lowest BCUT2D eigenvalue weighted by atomic mass is 9.88. The van der Waals surface area contributed by atoms with Crippen molar-refractivity contribution in [3.05, 3.63) is 106 Å². The molecule has 2 aliphatic rings. The minimum absolute atomic E-state index is 0.0165. The summed E-state index contributed by atoms with van der Waals surface area (Å²) in [5.74, 6) is 2.93. The van der Waals surface area contributed by atoms with Crippen LogP contribution in [0.5, 0.6) is 28.9 Å². The quantitative estimate of drug-likeness (QED) is 0.219. The van der Waals surface area contributed by atoms with Gasteiger partial charge in [0, 0.05) is 24.8 Å². The monoisotopic (exact) mass is 613 g/mol. The molecular weight excluding hydrogens is 578 g/mol. The fourth-order valence-corrected chi connectivity index (χ4v) is 6.44. The van der Waals surface area contributed by atoms with Gasteiger partial charge in [0.05, 0.1) is 38.9 Å². The van der Waals surface area contributed by atoms with E-state index in [1.165, 1.54) is 11.1 Å². The van der Waals surface area contributed by atoms with Crippen molar-refractivity contribution < 1.29 is 23.7 Å². The summed E-state index contributed by atoms with van der Waals surface area (Å²) in [5, 5.41) is 3.84. The highest BCUT2D eigenvalue weighted by Gasteiger charge is 2.32. The molecule has 1 amide bonds. The molecule has 2 unspecified atom stereocenters. The van der Waals surface area contributed by atoms with E-state index in [0.717, 1.165) is 42.5 Å². The van der Waals surface area contributed by atoms with E-state index in [1.807, 2.05) is 36.4 Å². The highest BCUT2D eigenvalue weighted by molar-refractivity contribution is 6.30. The van der Waals surface area contributed by atoms with Gasteiger partial charge in [-0.05, 0) is 83.8 Å². The Morgan fingerprint density at radius 2 is 1.68 bits per heavy atom. The van der Waals surface area contributed by atoms with Gasteiger partial charge in [0.15, 0.2) is 23.0 Å². The molecule has 2 heterocycles. The Kier molecular flexibility index (Phi) is 8.91. The first-order valence-corrected chi connectivity index (χ1v) is 15.2. The van der Waals surface area contributed by atoms with Crippen LogP contribution in [0.2, 0.25) is 5.02 Å². The van der Waals surface area contributed by atoms with Crippen molar-refractivity contribution in [2.24, 2.45) is 0 Å². The van der Waals surface area contributed by atoms with Crippen molar-refractivity contribution in [2.75, 3.05) is 34.4 Å². The van der Waals surface area contributed by atoms with Crippen LogP contribution in [0.1, 0.15) is 46.3 Å². The van der Waals surface area contributed by atoms with Crippen LogP contribution in [0.3, 0.4) is 0 Å². The molecule has 9 heteroatoms. The predicted octanol–water partition coefficient (Wildman–Crippen LogP) is 6.50. The van der Waals surface area contributed by atoms with Crippen molar-refractivity contribution in [3.63, 3.8) is 0 Å². The molecule has 228 valence electrons. The first-order valence-electron chi connectivity index (χ1n) is 14.8. The molecule has 0 bridgehead atoms. The highest BCUT2D eigenvalue weighted by Crippen LogP contribution is 2.42. The van der Waals surface area contributed by atoms with Crippen LogP contribution in [0.25, 0.3) is 0 Å². The average Bonchev–Trinajstić information content (AvgIpc) is 3.45. The number of carbonyl (C=O) groups excluding carboxylic acids is 1. The lowest BCUT2D eigenvalue weighted by Crippen LogP contribution is -2.44. The Bertz CT molecular complexity index is 1640. The van der Waals surface area contributed by atoms with Gasteiger partial charge in [-0.15, -0.1) is 0 Å². The van der Waals surface area contributed by atoms with Crippen LogP contribution in [0.15, 0.2) is 72.9 Å². The van der Waals surface area contributed by atoms with E-state index in [1.54, 1.807) is 39.7 Å². The molecule has 0 fully saturated rings. The van der Waals surface area contributed by atoms with Crippen molar-refractivity contribution in [1.29, 1.82) is 0 Å². The third kappa shape index (κ3) is 6.32. The summed E-state index contributed by atoms with van der Waals surface area (Å²) in [6.45, 7) is 0.999. The molecule has 0 radical (unpaired) electrons. The van der Waals surface area contributed by atoms with E-state index in [0.29, 0.717) is 40.3 Å². The van der Waals surface area contributed by atoms with E-state index in [2.05, 4.69) is 33.4 Å². The zero-order valence-electron chi connectivity index (χ0n) is 25.1. The van der Waals surface area contributed by atoms with E-state index in [9.17, 15) is 4.79 Å². The molecule has 3 aromatic carbocycles. The summed E-state index contributed by atoms with van der Waals surface area (Å²) in [6.07, 6.45) is 4.87. The summed E-state index contributed by atoms with van der Waals surface area (Å²) in [5.41, 5.74) is 5.83. The molecule has 1 aliphatic carbocycles. The Balaban J connectivity index is 1.31. The molecule has 44 heavy (non-hydrogen) atoms. The Morgan fingerprint density at radius 3 is 2.45 bits per heavy atom. The van der Waals surface area contributed by atoms with E-state index >= 15 is 0 Å². The number of carbonyl (C=O) groups is 1. The topological polar surface area (TPSA) is 82.2 Å². The third-order valence-electron chi connectivity index (χ3n) is 8.50. The van der Waals surface area contributed by atoms with E-state index < -0.39 is 0 Å². The number of hydrogen-bond donors (Lipinski definition) is 1. The molecule has 8 nitrogen and oxygen atoms in total. The lowest BCUT2D eigenvalue weighted by molar-refractivity contribution is -0.123. The number of ether oxygens (including phenoxy) is 4. The molecule has 0 saturated carbocycles. The Hall–Kier alpha value is -4.27. The normalized spacial score (nSPS) is 17.4. The number of aryl methyl sites for hydroxylation is 1. The van der Waals surface area contributed by atoms with Gasteiger partial charge in [0.1, 0.15) is 0 Å². The molecule has 6 rings (SSSR count). The molecular formula is C35H36ClN3O5. The fraction of sp³-hybridized carbons (Fsp3) is 0.314. The maximum atomic E-state index is 13.6. The second kappa shape index (κ2) is 13.2. The summed E-state index contributed by atoms with van der Waals surface area (Å²) >= 11 is 6.04. The largest absolute Gasteiger partial charge is 0.493 e. The van der Waals surface area contributed by atoms with Gasteiger partial charge in [-0.1, -0.05) is 41.9 Å². The first kappa shape index (κ1) is 29.8. The van der Waals surface area contributed by atoms with Crippen LogP contribution in [-0.4, -0.2) is 50.2 Å². The number of halogens is 1. The molecule has 1 N–H and O–H groups in total. The second-order valence-corrected chi connectivity index (χ2v) is 11.5. The first-order chi connectivity index (χ1) is 21.4. The maximum Gasteiger partial charge on any atom is 0.234 e. The van der Waals surface area contributed by atoms with Crippen LogP contribution < -0.4 is 24.3 Å². The number of aromatic nitrogens is 1. The number of methoxy groups -OCH3 is 3. The van der Waals surface area contributed by atoms with Gasteiger partial charge >= 0.3 is 0 Å². The molecule has 1 aromatic heterocycles. The van der Waals surface area contributed by atoms with Crippen molar-refractivity contribution >= 4 is 17.5 Å². The summed E-state index contributed by atoms with van der Waals surface area (Å²) in [7, 11) is 4.89. The van der Waals surface area contributed by atoms with Crippen LogP contribution >= 0.6 is 11.6 Å². The lowest BCUT2D eigenvalue weighted by Gasteiger charge is -2.38. The third-order valence-corrected chi connectivity index (χ3v) is 8.72. The zero-order chi connectivity index (χ0) is 30.6. The van der Waals surface area contributed by atoms with Crippen molar-refractivity contribution in [3.8, 4) is 28.9 Å². The smallest absolute Gasteiger partial charge is 0.234 e. The zero-order valence-corrected chi connectivity index (χ0v) is 25.9. The molecule has 0 spiro atoms. The van der Waals surface area contributed by atoms with Crippen LogP contribution in [0.4, 0.5) is 0 Å². The number of amides is 1. The SMILES string of the molecule is COc1ccc(CC2c3cc(Oc4ccc(Cl)cn4)c(OC)cc3CCN2CC(=O)NC2CCc3ccccc32)cc1OC.